The van der Waals surface area contributed by atoms with E-state index < -0.39 is 22.0 Å². The normalized spacial score (nSPS) is 16.1. The first-order chi connectivity index (χ1) is 16.3. The minimum atomic E-state index is -3.96. The number of anilines is 1. The van der Waals surface area contributed by atoms with E-state index in [1.807, 2.05) is 31.2 Å². The fourth-order valence-electron chi connectivity index (χ4n) is 3.85. The third-order valence-corrected chi connectivity index (χ3v) is 7.43. The Morgan fingerprint density at radius 2 is 1.68 bits per heavy atom. The summed E-state index contributed by atoms with van der Waals surface area (Å²) in [5.41, 5.74) is 1.18. The molecule has 2 atom stereocenters. The first kappa shape index (κ1) is 23.4. The summed E-state index contributed by atoms with van der Waals surface area (Å²) in [6.07, 6.45) is -1.04. The van der Waals surface area contributed by atoms with E-state index in [0.717, 1.165) is 5.56 Å². The van der Waals surface area contributed by atoms with Crippen molar-refractivity contribution in [2.24, 2.45) is 0 Å². The first-order valence-corrected chi connectivity index (χ1v) is 12.1. The van der Waals surface area contributed by atoms with Gasteiger partial charge in [0.1, 0.15) is 17.2 Å². The summed E-state index contributed by atoms with van der Waals surface area (Å²) in [5, 5.41) is 2.92. The fraction of sp³-hybridized carbons (Fsp3) is 0.240. The number of hydrogen-bond acceptors (Lipinski definition) is 6. The molecule has 1 aliphatic rings. The molecule has 2 unspecified atom stereocenters. The molecule has 0 saturated heterocycles. The lowest BCUT2D eigenvalue weighted by Gasteiger charge is -2.35. The Kier molecular flexibility index (Phi) is 6.65. The van der Waals surface area contributed by atoms with Gasteiger partial charge in [-0.05, 0) is 49.4 Å². The van der Waals surface area contributed by atoms with Gasteiger partial charge in [-0.15, -0.1) is 0 Å². The molecular weight excluding hydrogens is 456 g/mol. The molecule has 0 aromatic heterocycles. The van der Waals surface area contributed by atoms with Gasteiger partial charge in [0.25, 0.3) is 15.9 Å². The lowest BCUT2D eigenvalue weighted by molar-refractivity contribution is -0.128. The van der Waals surface area contributed by atoms with E-state index in [-0.39, 0.29) is 17.5 Å². The number of hydrogen-bond donors (Lipinski definition) is 1. The number of nitrogens with one attached hydrogen (secondary N) is 1. The number of ether oxygens (including phenoxy) is 3. The molecule has 1 N–H and O–H groups in total. The molecule has 8 nitrogen and oxygen atoms in total. The van der Waals surface area contributed by atoms with Gasteiger partial charge in [0.2, 0.25) is 0 Å². The SMILES string of the molecule is COc1ccc(S(=O)(=O)N2CC(C(=O)NC(C)c3ccccc3OC)Oc3ccccc32)cc1. The van der Waals surface area contributed by atoms with Gasteiger partial charge < -0.3 is 19.5 Å². The molecule has 34 heavy (non-hydrogen) atoms. The van der Waals surface area contributed by atoms with E-state index in [1.54, 1.807) is 43.5 Å². The summed E-state index contributed by atoms with van der Waals surface area (Å²) in [6, 6.07) is 19.9. The maximum absolute atomic E-state index is 13.5. The summed E-state index contributed by atoms with van der Waals surface area (Å²) in [5.74, 6) is 1.08. The van der Waals surface area contributed by atoms with Gasteiger partial charge in [0, 0.05) is 5.56 Å². The molecule has 1 amide bonds. The van der Waals surface area contributed by atoms with E-state index in [2.05, 4.69) is 5.32 Å². The third-order valence-electron chi connectivity index (χ3n) is 5.64. The average Bonchev–Trinajstić information content (AvgIpc) is 2.87. The summed E-state index contributed by atoms with van der Waals surface area (Å²) in [6.45, 7) is 1.66. The Morgan fingerprint density at radius 3 is 2.38 bits per heavy atom. The second kappa shape index (κ2) is 9.64. The molecule has 9 heteroatoms. The molecule has 0 fully saturated rings. The standard InChI is InChI=1S/C25H26N2O6S/c1-17(20-8-4-6-10-22(20)32-3)26-25(28)24-16-27(21-9-5-7-11-23(21)33-24)34(29,30)19-14-12-18(31-2)13-15-19/h4-15,17,24H,16H2,1-3H3,(H,26,28). The Morgan fingerprint density at radius 1 is 1.00 bits per heavy atom. The number of para-hydroxylation sites is 3. The van der Waals surface area contributed by atoms with E-state index in [4.69, 9.17) is 14.2 Å². The molecule has 0 saturated carbocycles. The van der Waals surface area contributed by atoms with Gasteiger partial charge in [-0.1, -0.05) is 30.3 Å². The van der Waals surface area contributed by atoms with Crippen LogP contribution < -0.4 is 23.8 Å². The quantitative estimate of drug-likeness (QED) is 0.554. The molecule has 4 rings (SSSR count). The summed E-state index contributed by atoms with van der Waals surface area (Å²) in [7, 11) is -0.884. The predicted molar refractivity (Wildman–Crippen MR) is 128 cm³/mol. The predicted octanol–water partition coefficient (Wildman–Crippen LogP) is 3.54. The highest BCUT2D eigenvalue weighted by Gasteiger charge is 2.38. The van der Waals surface area contributed by atoms with Crippen LogP contribution >= 0.6 is 0 Å². The number of sulfonamides is 1. The highest BCUT2D eigenvalue weighted by Crippen LogP contribution is 2.37. The Hall–Kier alpha value is -3.72. The van der Waals surface area contributed by atoms with Crippen molar-refractivity contribution >= 4 is 21.6 Å². The van der Waals surface area contributed by atoms with Crippen molar-refractivity contribution in [3.05, 3.63) is 78.4 Å². The van der Waals surface area contributed by atoms with Crippen LogP contribution in [-0.2, 0) is 14.8 Å². The largest absolute Gasteiger partial charge is 0.497 e. The third kappa shape index (κ3) is 4.51. The maximum atomic E-state index is 13.5. The summed E-state index contributed by atoms with van der Waals surface area (Å²) >= 11 is 0. The van der Waals surface area contributed by atoms with E-state index in [9.17, 15) is 13.2 Å². The Labute approximate surface area is 199 Å². The molecule has 0 bridgehead atoms. The van der Waals surface area contributed by atoms with Gasteiger partial charge in [-0.3, -0.25) is 9.10 Å². The maximum Gasteiger partial charge on any atom is 0.264 e. The number of rotatable bonds is 7. The minimum Gasteiger partial charge on any atom is -0.497 e. The van der Waals surface area contributed by atoms with Crippen LogP contribution in [0.15, 0.2) is 77.7 Å². The van der Waals surface area contributed by atoms with Gasteiger partial charge in [0.15, 0.2) is 6.10 Å². The molecule has 3 aromatic rings. The number of nitrogens with zero attached hydrogens (tertiary/aromatic N) is 1. The van der Waals surface area contributed by atoms with Gasteiger partial charge >= 0.3 is 0 Å². The van der Waals surface area contributed by atoms with E-state index >= 15 is 0 Å². The van der Waals surface area contributed by atoms with Crippen molar-refractivity contribution in [3.8, 4) is 17.2 Å². The van der Waals surface area contributed by atoms with Crippen molar-refractivity contribution in [3.63, 3.8) is 0 Å². The Bertz CT molecular complexity index is 1280. The lowest BCUT2D eigenvalue weighted by atomic mass is 10.1. The van der Waals surface area contributed by atoms with Crippen LogP contribution in [0.5, 0.6) is 17.2 Å². The van der Waals surface area contributed by atoms with Crippen molar-refractivity contribution in [2.75, 3.05) is 25.1 Å². The lowest BCUT2D eigenvalue weighted by Crippen LogP contribution is -2.51. The van der Waals surface area contributed by atoms with Gasteiger partial charge in [0.05, 0.1) is 37.4 Å². The van der Waals surface area contributed by atoms with Gasteiger partial charge in [-0.25, -0.2) is 8.42 Å². The van der Waals surface area contributed by atoms with Crippen LogP contribution in [0, 0.1) is 0 Å². The van der Waals surface area contributed by atoms with E-state index in [0.29, 0.717) is 22.9 Å². The fourth-order valence-corrected chi connectivity index (χ4v) is 5.33. The summed E-state index contributed by atoms with van der Waals surface area (Å²) < 4.78 is 44.7. The topological polar surface area (TPSA) is 94.2 Å². The number of fused-ring (bicyclic) bond motifs is 1. The monoisotopic (exact) mass is 482 g/mol. The van der Waals surface area contributed by atoms with Crippen molar-refractivity contribution in [2.45, 2.75) is 24.0 Å². The van der Waals surface area contributed by atoms with Crippen LogP contribution in [0.3, 0.4) is 0 Å². The second-order valence-corrected chi connectivity index (χ2v) is 9.62. The molecule has 0 radical (unpaired) electrons. The first-order valence-electron chi connectivity index (χ1n) is 10.7. The highest BCUT2D eigenvalue weighted by molar-refractivity contribution is 7.92. The molecule has 178 valence electrons. The number of amides is 1. The second-order valence-electron chi connectivity index (χ2n) is 7.76. The molecular formula is C25H26N2O6S. The molecule has 0 aliphatic carbocycles. The highest BCUT2D eigenvalue weighted by atomic mass is 32.2. The minimum absolute atomic E-state index is 0.0894. The number of carbonyl (C=O) groups excluding carboxylic acids is 1. The number of methoxy groups -OCH3 is 2. The van der Waals surface area contributed by atoms with Crippen LogP contribution in [0.1, 0.15) is 18.5 Å². The van der Waals surface area contributed by atoms with Crippen LogP contribution in [-0.4, -0.2) is 41.2 Å². The van der Waals surface area contributed by atoms with Crippen LogP contribution in [0.2, 0.25) is 0 Å². The van der Waals surface area contributed by atoms with Crippen molar-refractivity contribution in [1.29, 1.82) is 0 Å². The zero-order chi connectivity index (χ0) is 24.3. The number of carbonyl (C=O) groups is 1. The zero-order valence-corrected chi connectivity index (χ0v) is 19.9. The van der Waals surface area contributed by atoms with Crippen LogP contribution in [0.4, 0.5) is 5.69 Å². The zero-order valence-electron chi connectivity index (χ0n) is 19.1. The van der Waals surface area contributed by atoms with Crippen LogP contribution in [0.25, 0.3) is 0 Å². The van der Waals surface area contributed by atoms with Crippen molar-refractivity contribution in [1.82, 2.24) is 5.32 Å². The van der Waals surface area contributed by atoms with Gasteiger partial charge in [-0.2, -0.15) is 0 Å². The Balaban J connectivity index is 1.61. The molecule has 1 aliphatic heterocycles. The number of benzene rings is 3. The van der Waals surface area contributed by atoms with Crippen molar-refractivity contribution < 1.29 is 27.4 Å². The smallest absolute Gasteiger partial charge is 0.264 e. The molecule has 3 aromatic carbocycles. The average molecular weight is 483 g/mol. The summed E-state index contributed by atoms with van der Waals surface area (Å²) in [4.78, 5) is 13.3. The molecule has 1 heterocycles. The molecule has 0 spiro atoms. The van der Waals surface area contributed by atoms with E-state index in [1.165, 1.54) is 23.5 Å².